The number of halogens is 1. The summed E-state index contributed by atoms with van der Waals surface area (Å²) in [7, 11) is 0. The molecule has 0 aliphatic rings. The predicted octanol–water partition coefficient (Wildman–Crippen LogP) is 2.47. The van der Waals surface area contributed by atoms with Crippen LogP contribution in [0.5, 0.6) is 11.6 Å². The summed E-state index contributed by atoms with van der Waals surface area (Å²) < 4.78 is 6.78. The maximum atomic E-state index is 5.68. The second-order valence-electron chi connectivity index (χ2n) is 3.36. The quantitative estimate of drug-likeness (QED) is 0.509. The van der Waals surface area contributed by atoms with E-state index in [1.165, 1.54) is 6.33 Å². The van der Waals surface area contributed by atoms with Gasteiger partial charge >= 0.3 is 0 Å². The molecule has 0 aliphatic carbocycles. The van der Waals surface area contributed by atoms with Crippen LogP contribution < -0.4 is 16.0 Å². The van der Waals surface area contributed by atoms with Crippen LogP contribution in [0.2, 0.25) is 0 Å². The topological polar surface area (TPSA) is 73.1 Å². The van der Waals surface area contributed by atoms with Gasteiger partial charge in [0.1, 0.15) is 17.9 Å². The molecule has 0 bridgehead atoms. The summed E-state index contributed by atoms with van der Waals surface area (Å²) in [5, 5.41) is 0. The van der Waals surface area contributed by atoms with Gasteiger partial charge in [-0.1, -0.05) is 6.07 Å². The van der Waals surface area contributed by atoms with E-state index in [-0.39, 0.29) is 0 Å². The summed E-state index contributed by atoms with van der Waals surface area (Å²) in [5.41, 5.74) is 3.27. The van der Waals surface area contributed by atoms with Gasteiger partial charge in [0.25, 0.3) is 0 Å². The zero-order valence-corrected chi connectivity index (χ0v) is 11.3. The van der Waals surface area contributed by atoms with Crippen molar-refractivity contribution in [3.8, 4) is 11.6 Å². The van der Waals surface area contributed by atoms with E-state index in [0.717, 1.165) is 14.9 Å². The highest BCUT2D eigenvalue weighted by molar-refractivity contribution is 14.1. The lowest BCUT2D eigenvalue weighted by Crippen LogP contribution is -2.11. The zero-order valence-electron chi connectivity index (χ0n) is 9.14. The van der Waals surface area contributed by atoms with Gasteiger partial charge in [0.05, 0.1) is 5.56 Å². The Balaban J connectivity index is 2.30. The van der Waals surface area contributed by atoms with Gasteiger partial charge in [-0.3, -0.25) is 0 Å². The van der Waals surface area contributed by atoms with Crippen molar-refractivity contribution in [2.75, 3.05) is 5.43 Å². The zero-order chi connectivity index (χ0) is 12.3. The van der Waals surface area contributed by atoms with E-state index in [0.29, 0.717) is 11.7 Å². The molecule has 17 heavy (non-hydrogen) atoms. The van der Waals surface area contributed by atoms with Crippen molar-refractivity contribution in [1.82, 2.24) is 9.97 Å². The molecule has 0 atom stereocenters. The SMILES string of the molecule is Cc1c(NN)ncnc1Oc1cccc(I)c1. The lowest BCUT2D eigenvalue weighted by atomic mass is 10.3. The molecule has 0 radical (unpaired) electrons. The molecule has 0 saturated heterocycles. The average molecular weight is 342 g/mol. The van der Waals surface area contributed by atoms with Gasteiger partial charge in [-0.2, -0.15) is 0 Å². The maximum absolute atomic E-state index is 5.68. The summed E-state index contributed by atoms with van der Waals surface area (Å²) in [6.07, 6.45) is 1.41. The van der Waals surface area contributed by atoms with Crippen molar-refractivity contribution in [3.63, 3.8) is 0 Å². The van der Waals surface area contributed by atoms with Crippen LogP contribution in [0.3, 0.4) is 0 Å². The number of hydrogen-bond donors (Lipinski definition) is 2. The number of rotatable bonds is 3. The number of aromatic nitrogens is 2. The summed E-state index contributed by atoms with van der Waals surface area (Å²) in [6, 6.07) is 7.72. The highest BCUT2D eigenvalue weighted by atomic mass is 127. The second-order valence-corrected chi connectivity index (χ2v) is 4.60. The van der Waals surface area contributed by atoms with E-state index >= 15 is 0 Å². The highest BCUT2D eigenvalue weighted by Crippen LogP contribution is 2.26. The Labute approximate surface area is 113 Å². The molecule has 2 rings (SSSR count). The molecule has 5 nitrogen and oxygen atoms in total. The van der Waals surface area contributed by atoms with Crippen LogP contribution in [0.4, 0.5) is 5.82 Å². The van der Waals surface area contributed by atoms with Gasteiger partial charge in [-0.25, -0.2) is 15.8 Å². The van der Waals surface area contributed by atoms with Crippen LogP contribution in [-0.4, -0.2) is 9.97 Å². The molecule has 0 fully saturated rings. The molecule has 2 aromatic rings. The Morgan fingerprint density at radius 1 is 1.35 bits per heavy atom. The third-order valence-electron chi connectivity index (χ3n) is 2.19. The number of nitrogens with two attached hydrogens (primary N) is 1. The van der Waals surface area contributed by atoms with Crippen LogP contribution in [0.1, 0.15) is 5.56 Å². The van der Waals surface area contributed by atoms with Crippen molar-refractivity contribution in [2.45, 2.75) is 6.92 Å². The van der Waals surface area contributed by atoms with Crippen LogP contribution in [-0.2, 0) is 0 Å². The molecule has 1 aromatic carbocycles. The Hall–Kier alpha value is -1.41. The minimum atomic E-state index is 0.495. The van der Waals surface area contributed by atoms with E-state index in [1.54, 1.807) is 0 Å². The number of ether oxygens (including phenoxy) is 1. The molecular weight excluding hydrogens is 331 g/mol. The Morgan fingerprint density at radius 3 is 2.88 bits per heavy atom. The van der Waals surface area contributed by atoms with Gasteiger partial charge in [-0.05, 0) is 47.7 Å². The van der Waals surface area contributed by atoms with E-state index < -0.39 is 0 Å². The third-order valence-corrected chi connectivity index (χ3v) is 2.86. The fourth-order valence-electron chi connectivity index (χ4n) is 1.32. The van der Waals surface area contributed by atoms with Gasteiger partial charge < -0.3 is 10.2 Å². The average Bonchev–Trinajstić information content (AvgIpc) is 2.32. The van der Waals surface area contributed by atoms with Crippen LogP contribution >= 0.6 is 22.6 Å². The minimum Gasteiger partial charge on any atom is -0.439 e. The summed E-state index contributed by atoms with van der Waals surface area (Å²) in [5.74, 6) is 7.13. The molecule has 1 heterocycles. The Bertz CT molecular complexity index is 533. The van der Waals surface area contributed by atoms with Crippen molar-refractivity contribution in [3.05, 3.63) is 39.7 Å². The monoisotopic (exact) mass is 342 g/mol. The molecule has 88 valence electrons. The fraction of sp³-hybridized carbons (Fsp3) is 0.0909. The molecule has 0 amide bonds. The van der Waals surface area contributed by atoms with Gasteiger partial charge in [-0.15, -0.1) is 0 Å². The van der Waals surface area contributed by atoms with Crippen LogP contribution in [0.25, 0.3) is 0 Å². The predicted molar refractivity (Wildman–Crippen MR) is 73.8 cm³/mol. The first kappa shape index (κ1) is 12.1. The van der Waals surface area contributed by atoms with E-state index in [9.17, 15) is 0 Å². The highest BCUT2D eigenvalue weighted by Gasteiger charge is 2.08. The molecule has 0 saturated carbocycles. The smallest absolute Gasteiger partial charge is 0.227 e. The molecule has 1 aromatic heterocycles. The minimum absolute atomic E-state index is 0.495. The first-order chi connectivity index (χ1) is 8.20. The van der Waals surface area contributed by atoms with Crippen molar-refractivity contribution < 1.29 is 4.74 Å². The third kappa shape index (κ3) is 2.83. The van der Waals surface area contributed by atoms with Crippen molar-refractivity contribution >= 4 is 28.4 Å². The number of nitrogen functional groups attached to an aromatic ring is 1. The number of anilines is 1. The van der Waals surface area contributed by atoms with Crippen LogP contribution in [0.15, 0.2) is 30.6 Å². The largest absolute Gasteiger partial charge is 0.439 e. The van der Waals surface area contributed by atoms with Gasteiger partial charge in [0.2, 0.25) is 5.88 Å². The molecule has 3 N–H and O–H groups in total. The second kappa shape index (κ2) is 5.28. The lowest BCUT2D eigenvalue weighted by Gasteiger charge is -2.09. The number of hydrogen-bond acceptors (Lipinski definition) is 5. The Morgan fingerprint density at radius 2 is 2.18 bits per heavy atom. The number of nitrogens with one attached hydrogen (secondary N) is 1. The standard InChI is InChI=1S/C11H11IN4O/c1-7-10(16-13)14-6-15-11(7)17-9-4-2-3-8(12)5-9/h2-6H,13H2,1H3,(H,14,15,16). The van der Waals surface area contributed by atoms with E-state index in [4.69, 9.17) is 10.6 Å². The maximum Gasteiger partial charge on any atom is 0.227 e. The molecule has 0 spiro atoms. The Kier molecular flexibility index (Phi) is 3.75. The number of benzene rings is 1. The summed E-state index contributed by atoms with van der Waals surface area (Å²) in [6.45, 7) is 1.85. The first-order valence-electron chi connectivity index (χ1n) is 4.92. The number of nitrogens with zero attached hydrogens (tertiary/aromatic N) is 2. The van der Waals surface area contributed by atoms with Crippen molar-refractivity contribution in [2.24, 2.45) is 5.84 Å². The molecule has 0 aliphatic heterocycles. The van der Waals surface area contributed by atoms with Gasteiger partial charge in [0, 0.05) is 3.57 Å². The normalized spacial score (nSPS) is 10.1. The van der Waals surface area contributed by atoms with Gasteiger partial charge in [0.15, 0.2) is 0 Å². The van der Waals surface area contributed by atoms with E-state index in [2.05, 4.69) is 38.0 Å². The lowest BCUT2D eigenvalue weighted by molar-refractivity contribution is 0.457. The fourth-order valence-corrected chi connectivity index (χ4v) is 1.84. The van der Waals surface area contributed by atoms with Crippen molar-refractivity contribution in [1.29, 1.82) is 0 Å². The summed E-state index contributed by atoms with van der Waals surface area (Å²) >= 11 is 2.23. The van der Waals surface area contributed by atoms with E-state index in [1.807, 2.05) is 31.2 Å². The first-order valence-corrected chi connectivity index (χ1v) is 6.00. The molecule has 6 heteroatoms. The summed E-state index contributed by atoms with van der Waals surface area (Å²) in [4.78, 5) is 8.07. The molecule has 0 unspecified atom stereocenters. The van der Waals surface area contributed by atoms with Crippen LogP contribution in [0, 0.1) is 10.5 Å². The molecular formula is C11H11IN4O. The number of hydrazine groups is 1.